The third kappa shape index (κ3) is 18.0. The van der Waals surface area contributed by atoms with Crippen molar-refractivity contribution in [3.05, 3.63) is 0 Å². The Balaban J connectivity index is 3.36. The van der Waals surface area contributed by atoms with Crippen LogP contribution in [0.25, 0.3) is 0 Å². The van der Waals surface area contributed by atoms with Crippen LogP contribution in [0.1, 0.15) is 90.4 Å². The van der Waals surface area contributed by atoms with Gasteiger partial charge in [-0.1, -0.05) is 84.0 Å². The molecule has 0 aliphatic rings. The Hall–Kier alpha value is -0.610. The van der Waals surface area contributed by atoms with Crippen LogP contribution in [0.15, 0.2) is 0 Å². The molecule has 0 aromatic rings. The smallest absolute Gasteiger partial charge is 0.335 e. The number of aliphatic hydroxyl groups excluding tert-OH is 1. The number of hydrogen-bond donors (Lipinski definition) is 1. The van der Waals surface area contributed by atoms with Crippen LogP contribution in [0.4, 0.5) is 0 Å². The Morgan fingerprint density at radius 3 is 1.72 bits per heavy atom. The molecule has 4 nitrogen and oxygen atoms in total. The molecule has 0 aliphatic heterocycles. The van der Waals surface area contributed by atoms with Crippen molar-refractivity contribution in [2.24, 2.45) is 0 Å². The minimum absolute atomic E-state index is 0.373. The molecule has 0 aromatic carbocycles. The number of aliphatic hydroxyl groups is 1. The van der Waals surface area contributed by atoms with Crippen molar-refractivity contribution in [1.82, 2.24) is 0 Å². The molecule has 0 radical (unpaired) electrons. The third-order valence-corrected chi connectivity index (χ3v) is 4.61. The van der Waals surface area contributed by atoms with Crippen LogP contribution in [0.5, 0.6) is 0 Å². The largest absolute Gasteiger partial charge is 0.458 e. The van der Waals surface area contributed by atoms with E-state index < -0.39 is 12.1 Å². The maximum Gasteiger partial charge on any atom is 0.335 e. The van der Waals surface area contributed by atoms with Crippen LogP contribution in [-0.4, -0.2) is 56.0 Å². The Morgan fingerprint density at radius 1 is 0.840 bits per heavy atom. The van der Waals surface area contributed by atoms with Gasteiger partial charge < -0.3 is 14.3 Å². The van der Waals surface area contributed by atoms with Crippen molar-refractivity contribution in [2.75, 3.05) is 34.3 Å². The average molecular weight is 359 g/mol. The van der Waals surface area contributed by atoms with Gasteiger partial charge in [0.1, 0.15) is 13.2 Å². The van der Waals surface area contributed by atoms with Gasteiger partial charge in [0.25, 0.3) is 0 Å². The number of nitrogens with zero attached hydrogens (tertiary/aromatic N) is 1. The fraction of sp³-hybridized carbons (Fsp3) is 0.952. The summed E-state index contributed by atoms with van der Waals surface area (Å²) in [6, 6.07) is 0. The highest BCUT2D eigenvalue weighted by Gasteiger charge is 2.17. The van der Waals surface area contributed by atoms with Gasteiger partial charge in [0, 0.05) is 0 Å². The molecule has 1 unspecified atom stereocenters. The Kier molecular flexibility index (Phi) is 15.2. The summed E-state index contributed by atoms with van der Waals surface area (Å²) >= 11 is 0. The number of quaternary nitrogens is 1. The van der Waals surface area contributed by atoms with Crippen molar-refractivity contribution in [3.8, 4) is 0 Å². The van der Waals surface area contributed by atoms with Crippen molar-refractivity contribution in [3.63, 3.8) is 0 Å². The van der Waals surface area contributed by atoms with E-state index in [0.717, 1.165) is 23.9 Å². The number of ether oxygens (including phenoxy) is 1. The predicted octanol–water partition coefficient (Wildman–Crippen LogP) is 4.69. The van der Waals surface area contributed by atoms with Gasteiger partial charge in [-0.05, 0) is 6.42 Å². The highest BCUT2D eigenvalue weighted by Crippen LogP contribution is 2.13. The lowest BCUT2D eigenvalue weighted by atomic mass is 10.0. The van der Waals surface area contributed by atoms with Crippen LogP contribution in [0.2, 0.25) is 0 Å². The number of esters is 1. The summed E-state index contributed by atoms with van der Waals surface area (Å²) in [5.41, 5.74) is 0. The fourth-order valence-electron chi connectivity index (χ4n) is 2.81. The van der Waals surface area contributed by atoms with E-state index in [9.17, 15) is 9.90 Å². The molecular formula is C21H44NO3+. The van der Waals surface area contributed by atoms with E-state index in [1.807, 2.05) is 0 Å². The molecule has 0 aromatic heterocycles. The molecule has 150 valence electrons. The van der Waals surface area contributed by atoms with Crippen molar-refractivity contribution >= 4 is 5.97 Å². The molecule has 1 atom stereocenters. The lowest BCUT2D eigenvalue weighted by Gasteiger charge is -2.23. The summed E-state index contributed by atoms with van der Waals surface area (Å²) in [4.78, 5) is 11.7. The van der Waals surface area contributed by atoms with E-state index >= 15 is 0 Å². The summed E-state index contributed by atoms with van der Waals surface area (Å²) in [6.45, 7) is 3.39. The van der Waals surface area contributed by atoms with Gasteiger partial charge in [0.2, 0.25) is 0 Å². The monoisotopic (exact) mass is 358 g/mol. The molecule has 0 heterocycles. The molecule has 0 spiro atoms. The van der Waals surface area contributed by atoms with Crippen molar-refractivity contribution in [2.45, 2.75) is 96.5 Å². The van der Waals surface area contributed by atoms with Gasteiger partial charge in [-0.25, -0.2) is 4.79 Å². The van der Waals surface area contributed by atoms with Crippen LogP contribution in [0.3, 0.4) is 0 Å². The highest BCUT2D eigenvalue weighted by molar-refractivity contribution is 5.74. The fourth-order valence-corrected chi connectivity index (χ4v) is 2.81. The third-order valence-electron chi connectivity index (χ3n) is 4.61. The van der Waals surface area contributed by atoms with E-state index in [1.165, 1.54) is 64.2 Å². The molecular weight excluding hydrogens is 314 g/mol. The summed E-state index contributed by atoms with van der Waals surface area (Å²) < 4.78 is 5.88. The number of unbranched alkanes of at least 4 members (excludes halogenated alkanes) is 11. The standard InChI is InChI=1S/C21H44NO3/c1-5-6-7-8-9-10-11-12-13-14-15-16-17-20(23)21(24)25-19-18-22(2,3)4/h20,23H,5-19H2,1-4H3/q+1. The van der Waals surface area contributed by atoms with Crippen LogP contribution in [0, 0.1) is 0 Å². The molecule has 0 aliphatic carbocycles. The van der Waals surface area contributed by atoms with E-state index in [0.29, 0.717) is 13.0 Å². The van der Waals surface area contributed by atoms with Gasteiger partial charge in [-0.15, -0.1) is 0 Å². The first-order chi connectivity index (χ1) is 11.9. The van der Waals surface area contributed by atoms with E-state index in [1.54, 1.807) is 0 Å². The number of hydrogen-bond acceptors (Lipinski definition) is 3. The van der Waals surface area contributed by atoms with Crippen molar-refractivity contribution in [1.29, 1.82) is 0 Å². The topological polar surface area (TPSA) is 46.5 Å². The predicted molar refractivity (Wildman–Crippen MR) is 106 cm³/mol. The zero-order valence-corrected chi connectivity index (χ0v) is 17.4. The Labute approximate surface area is 156 Å². The molecule has 4 heteroatoms. The van der Waals surface area contributed by atoms with E-state index in [4.69, 9.17) is 4.74 Å². The second-order valence-electron chi connectivity index (χ2n) is 8.37. The molecule has 0 fully saturated rings. The van der Waals surface area contributed by atoms with Crippen LogP contribution < -0.4 is 0 Å². The Morgan fingerprint density at radius 2 is 1.28 bits per heavy atom. The van der Waals surface area contributed by atoms with Gasteiger partial charge in [-0.2, -0.15) is 0 Å². The number of rotatable bonds is 17. The van der Waals surface area contributed by atoms with Gasteiger partial charge in [-0.3, -0.25) is 0 Å². The first-order valence-electron chi connectivity index (χ1n) is 10.5. The number of carbonyl (C=O) groups excluding carboxylic acids is 1. The molecule has 25 heavy (non-hydrogen) atoms. The lowest BCUT2D eigenvalue weighted by molar-refractivity contribution is -0.870. The summed E-state index contributed by atoms with van der Waals surface area (Å²) in [5.74, 6) is -0.462. The summed E-state index contributed by atoms with van der Waals surface area (Å²) in [6.07, 6.45) is 15.0. The van der Waals surface area contributed by atoms with Gasteiger partial charge in [0.15, 0.2) is 6.10 Å². The van der Waals surface area contributed by atoms with Gasteiger partial charge >= 0.3 is 5.97 Å². The zero-order chi connectivity index (χ0) is 19.0. The minimum atomic E-state index is -0.949. The zero-order valence-electron chi connectivity index (χ0n) is 17.4. The number of carbonyl (C=O) groups is 1. The first-order valence-corrected chi connectivity index (χ1v) is 10.5. The van der Waals surface area contributed by atoms with Gasteiger partial charge in [0.05, 0.1) is 21.1 Å². The SMILES string of the molecule is CCCCCCCCCCCCCCC(O)C(=O)OCC[N+](C)(C)C. The maximum absolute atomic E-state index is 11.7. The molecule has 0 rings (SSSR count). The Bertz CT molecular complexity index is 313. The lowest BCUT2D eigenvalue weighted by Crippen LogP contribution is -2.38. The maximum atomic E-state index is 11.7. The summed E-state index contributed by atoms with van der Waals surface area (Å²) in [7, 11) is 6.16. The van der Waals surface area contributed by atoms with Crippen molar-refractivity contribution < 1.29 is 19.1 Å². The quantitative estimate of drug-likeness (QED) is 0.233. The first kappa shape index (κ1) is 24.4. The molecule has 0 saturated heterocycles. The normalized spacial score (nSPS) is 13.0. The van der Waals surface area contributed by atoms with Crippen LogP contribution in [-0.2, 0) is 9.53 Å². The molecule has 0 bridgehead atoms. The molecule has 1 N–H and O–H groups in total. The number of likely N-dealkylation sites (N-methyl/N-ethyl adjacent to an activating group) is 1. The van der Waals surface area contributed by atoms with E-state index in [2.05, 4.69) is 28.1 Å². The van der Waals surface area contributed by atoms with E-state index in [-0.39, 0.29) is 0 Å². The molecule has 0 amide bonds. The van der Waals surface area contributed by atoms with Crippen LogP contribution >= 0.6 is 0 Å². The second-order valence-corrected chi connectivity index (χ2v) is 8.37. The highest BCUT2D eigenvalue weighted by atomic mass is 16.5. The summed E-state index contributed by atoms with van der Waals surface area (Å²) in [5, 5.41) is 9.83. The average Bonchev–Trinajstić information content (AvgIpc) is 2.54. The second kappa shape index (κ2) is 15.6. The molecule has 0 saturated carbocycles. The minimum Gasteiger partial charge on any atom is -0.458 e.